The van der Waals surface area contributed by atoms with E-state index in [0.29, 0.717) is 0 Å². The van der Waals surface area contributed by atoms with E-state index in [1.807, 2.05) is 0 Å². The fourth-order valence-corrected chi connectivity index (χ4v) is 2.93. The number of carbonyl (C=O) groups excluding carboxylic acids is 1. The summed E-state index contributed by atoms with van der Waals surface area (Å²) in [4.78, 5) is 26.6. The predicted octanol–water partition coefficient (Wildman–Crippen LogP) is 0.642. The molecule has 1 amide bonds. The molecule has 0 saturated carbocycles. The van der Waals surface area contributed by atoms with Crippen molar-refractivity contribution in [3.05, 3.63) is 28.4 Å². The van der Waals surface area contributed by atoms with Crippen molar-refractivity contribution in [3.8, 4) is 0 Å². The first-order valence-corrected chi connectivity index (χ1v) is 7.15. The quantitative estimate of drug-likeness (QED) is 0.458. The first-order valence-electron chi connectivity index (χ1n) is 5.60. The molecule has 0 N–H and O–H groups in total. The number of nitrogens with zero attached hydrogens (tertiary/aromatic N) is 3. The third kappa shape index (κ3) is 3.07. The van der Waals surface area contributed by atoms with E-state index >= 15 is 0 Å². The standard InChI is InChI=1S/C10H10FN3O5S/c11-20(18,19)6-7-4-9(15)13(5-7)8-2-1-3-12-10(8)14(16)17/h1-3,7H,4-6H2. The zero-order valence-electron chi connectivity index (χ0n) is 10.1. The Labute approximate surface area is 113 Å². The van der Waals surface area contributed by atoms with Gasteiger partial charge < -0.3 is 15.0 Å². The Morgan fingerprint density at radius 3 is 2.85 bits per heavy atom. The Morgan fingerprint density at radius 1 is 1.55 bits per heavy atom. The molecule has 2 rings (SSSR count). The molecule has 20 heavy (non-hydrogen) atoms. The molecule has 2 heterocycles. The van der Waals surface area contributed by atoms with Gasteiger partial charge in [-0.2, -0.15) is 8.42 Å². The fraction of sp³-hybridized carbons (Fsp3) is 0.400. The lowest BCUT2D eigenvalue weighted by Crippen LogP contribution is -2.26. The molecular formula is C10H10FN3O5S. The van der Waals surface area contributed by atoms with Gasteiger partial charge in [0, 0.05) is 18.9 Å². The van der Waals surface area contributed by atoms with Crippen LogP contribution in [0, 0.1) is 16.0 Å². The van der Waals surface area contributed by atoms with Crippen molar-refractivity contribution in [3.63, 3.8) is 0 Å². The van der Waals surface area contributed by atoms with Gasteiger partial charge in [-0.05, 0) is 22.0 Å². The number of hydrogen-bond acceptors (Lipinski definition) is 6. The highest BCUT2D eigenvalue weighted by Crippen LogP contribution is 2.31. The van der Waals surface area contributed by atoms with E-state index in [4.69, 9.17) is 0 Å². The minimum Gasteiger partial charge on any atom is -0.358 e. The van der Waals surface area contributed by atoms with Crippen LogP contribution in [-0.4, -0.2) is 36.5 Å². The summed E-state index contributed by atoms with van der Waals surface area (Å²) in [7, 11) is -4.69. The Hall–Kier alpha value is -2.10. The Balaban J connectivity index is 2.27. The minimum atomic E-state index is -4.69. The summed E-state index contributed by atoms with van der Waals surface area (Å²) in [5, 5.41) is 10.8. The molecule has 0 spiro atoms. The maximum atomic E-state index is 12.6. The zero-order valence-corrected chi connectivity index (χ0v) is 10.9. The summed E-state index contributed by atoms with van der Waals surface area (Å²) in [6, 6.07) is 2.77. The molecule has 1 aliphatic rings. The average molecular weight is 303 g/mol. The van der Waals surface area contributed by atoms with Gasteiger partial charge in [0.25, 0.3) is 0 Å². The molecule has 1 aromatic heterocycles. The number of hydrogen-bond donors (Lipinski definition) is 0. The molecule has 1 unspecified atom stereocenters. The molecule has 1 atom stereocenters. The van der Waals surface area contributed by atoms with E-state index in [1.165, 1.54) is 18.3 Å². The van der Waals surface area contributed by atoms with Gasteiger partial charge in [-0.25, -0.2) is 0 Å². The van der Waals surface area contributed by atoms with Crippen molar-refractivity contribution in [2.45, 2.75) is 6.42 Å². The Kier molecular flexibility index (Phi) is 3.66. The average Bonchev–Trinajstić information content (AvgIpc) is 2.67. The molecule has 1 fully saturated rings. The van der Waals surface area contributed by atoms with Gasteiger partial charge >= 0.3 is 16.0 Å². The molecule has 1 saturated heterocycles. The van der Waals surface area contributed by atoms with Crippen LogP contribution in [0.4, 0.5) is 15.4 Å². The van der Waals surface area contributed by atoms with Crippen LogP contribution in [-0.2, 0) is 15.0 Å². The van der Waals surface area contributed by atoms with Crippen LogP contribution in [0.25, 0.3) is 0 Å². The van der Waals surface area contributed by atoms with Gasteiger partial charge in [-0.15, -0.1) is 3.89 Å². The second kappa shape index (κ2) is 5.12. The summed E-state index contributed by atoms with van der Waals surface area (Å²) < 4.78 is 33.8. The van der Waals surface area contributed by atoms with E-state index in [9.17, 15) is 27.2 Å². The topological polar surface area (TPSA) is 110 Å². The zero-order chi connectivity index (χ0) is 14.9. The second-order valence-corrected chi connectivity index (χ2v) is 5.79. The first-order chi connectivity index (χ1) is 9.28. The van der Waals surface area contributed by atoms with Gasteiger partial charge in [0.15, 0.2) is 0 Å². The largest absolute Gasteiger partial charge is 0.387 e. The summed E-state index contributed by atoms with van der Waals surface area (Å²) in [6.45, 7) is -0.0888. The molecule has 0 aromatic carbocycles. The second-order valence-electron chi connectivity index (χ2n) is 4.38. The number of pyridine rings is 1. The smallest absolute Gasteiger partial charge is 0.358 e. The Morgan fingerprint density at radius 2 is 2.25 bits per heavy atom. The minimum absolute atomic E-state index is 0.0127. The molecular weight excluding hydrogens is 293 g/mol. The number of anilines is 1. The maximum Gasteiger partial charge on any atom is 0.387 e. The number of aromatic nitrogens is 1. The fourth-order valence-electron chi connectivity index (χ4n) is 2.15. The van der Waals surface area contributed by atoms with Gasteiger partial charge in [0.1, 0.15) is 11.9 Å². The SMILES string of the molecule is O=C1CC(CS(=O)(=O)F)CN1c1cccnc1[N+](=O)[O-]. The third-order valence-corrected chi connectivity index (χ3v) is 3.74. The number of nitro groups is 1. The predicted molar refractivity (Wildman–Crippen MR) is 66.2 cm³/mol. The lowest BCUT2D eigenvalue weighted by molar-refractivity contribution is -0.388. The molecule has 0 radical (unpaired) electrons. The van der Waals surface area contributed by atoms with E-state index < -0.39 is 38.5 Å². The molecule has 8 nitrogen and oxygen atoms in total. The van der Waals surface area contributed by atoms with E-state index in [0.717, 1.165) is 4.90 Å². The van der Waals surface area contributed by atoms with Crippen LogP contribution in [0.3, 0.4) is 0 Å². The molecule has 1 aliphatic heterocycles. The van der Waals surface area contributed by atoms with Crippen LogP contribution < -0.4 is 4.90 Å². The van der Waals surface area contributed by atoms with Crippen LogP contribution in [0.2, 0.25) is 0 Å². The molecule has 1 aromatic rings. The van der Waals surface area contributed by atoms with Crippen molar-refractivity contribution < 1.29 is 22.0 Å². The van der Waals surface area contributed by atoms with Gasteiger partial charge in [0.05, 0.1) is 5.75 Å². The Bertz CT molecular complexity index is 663. The molecule has 108 valence electrons. The van der Waals surface area contributed by atoms with Gasteiger partial charge in [0.2, 0.25) is 5.91 Å². The molecule has 0 aliphatic carbocycles. The van der Waals surface area contributed by atoms with Gasteiger partial charge in [-0.1, -0.05) is 0 Å². The van der Waals surface area contributed by atoms with Gasteiger partial charge in [-0.3, -0.25) is 4.79 Å². The lowest BCUT2D eigenvalue weighted by Gasteiger charge is -2.15. The highest BCUT2D eigenvalue weighted by Gasteiger charge is 2.36. The molecule has 0 bridgehead atoms. The summed E-state index contributed by atoms with van der Waals surface area (Å²) >= 11 is 0. The van der Waals surface area contributed by atoms with Crippen LogP contribution in [0.1, 0.15) is 6.42 Å². The normalized spacial score (nSPS) is 19.4. The van der Waals surface area contributed by atoms with Crippen LogP contribution >= 0.6 is 0 Å². The summed E-state index contributed by atoms with van der Waals surface area (Å²) in [5.41, 5.74) is -0.0127. The van der Waals surface area contributed by atoms with E-state index in [-0.39, 0.29) is 18.7 Å². The number of halogens is 1. The monoisotopic (exact) mass is 303 g/mol. The van der Waals surface area contributed by atoms with E-state index in [2.05, 4.69) is 4.98 Å². The lowest BCUT2D eigenvalue weighted by atomic mass is 10.1. The highest BCUT2D eigenvalue weighted by molar-refractivity contribution is 7.86. The number of amides is 1. The number of rotatable bonds is 4. The van der Waals surface area contributed by atoms with E-state index in [1.54, 1.807) is 0 Å². The van der Waals surface area contributed by atoms with Crippen molar-refractivity contribution in [1.29, 1.82) is 0 Å². The molecule has 10 heteroatoms. The summed E-state index contributed by atoms with van der Waals surface area (Å²) in [6.07, 6.45) is 1.04. The number of carbonyl (C=O) groups is 1. The van der Waals surface area contributed by atoms with Crippen molar-refractivity contribution in [2.75, 3.05) is 17.2 Å². The maximum absolute atomic E-state index is 12.6. The van der Waals surface area contributed by atoms with Crippen molar-refractivity contribution >= 4 is 27.6 Å². The van der Waals surface area contributed by atoms with Crippen LogP contribution in [0.5, 0.6) is 0 Å². The van der Waals surface area contributed by atoms with Crippen molar-refractivity contribution in [2.24, 2.45) is 5.92 Å². The summed E-state index contributed by atoms with van der Waals surface area (Å²) in [5.74, 6) is -2.49. The first kappa shape index (κ1) is 14.3. The third-order valence-electron chi connectivity index (χ3n) is 2.87. The highest BCUT2D eigenvalue weighted by atomic mass is 32.3. The van der Waals surface area contributed by atoms with Crippen LogP contribution in [0.15, 0.2) is 18.3 Å². The van der Waals surface area contributed by atoms with Crippen molar-refractivity contribution in [1.82, 2.24) is 4.98 Å².